The van der Waals surface area contributed by atoms with Crippen LogP contribution >= 0.6 is 0 Å². The number of amides is 1. The summed E-state index contributed by atoms with van der Waals surface area (Å²) in [7, 11) is 1.26. The highest BCUT2D eigenvalue weighted by molar-refractivity contribution is 5.83. The molecule has 8 heteroatoms. The van der Waals surface area contributed by atoms with Crippen LogP contribution in [-0.4, -0.2) is 29.5 Å². The number of aromatic amines is 1. The molecule has 0 unspecified atom stereocenters. The first-order valence-electron chi connectivity index (χ1n) is 7.16. The van der Waals surface area contributed by atoms with Crippen molar-refractivity contribution in [3.8, 4) is 5.75 Å². The zero-order valence-corrected chi connectivity index (χ0v) is 12.5. The molecule has 3 N–H and O–H groups in total. The van der Waals surface area contributed by atoms with Gasteiger partial charge in [-0.05, 0) is 6.07 Å². The molecule has 0 saturated heterocycles. The maximum Gasteiger partial charge on any atom is 0.243 e. The fourth-order valence-corrected chi connectivity index (χ4v) is 2.59. The molecule has 1 atom stereocenters. The molecular formula is C15H16F2N4O2. The minimum absolute atomic E-state index is 0.0507. The van der Waals surface area contributed by atoms with Crippen molar-refractivity contribution in [2.24, 2.45) is 0 Å². The number of hydrogen-bond acceptors (Lipinski definition) is 4. The predicted molar refractivity (Wildman–Crippen MR) is 77.8 cm³/mol. The Kier molecular flexibility index (Phi) is 4.24. The lowest BCUT2D eigenvalue weighted by Crippen LogP contribution is -2.41. The van der Waals surface area contributed by atoms with E-state index in [2.05, 4.69) is 20.6 Å². The largest absolute Gasteiger partial charge is 0.494 e. The van der Waals surface area contributed by atoms with E-state index in [1.54, 1.807) is 0 Å². The van der Waals surface area contributed by atoms with Crippen LogP contribution in [0.3, 0.4) is 0 Å². The minimum Gasteiger partial charge on any atom is -0.494 e. The summed E-state index contributed by atoms with van der Waals surface area (Å²) in [5.74, 6) is -2.60. The summed E-state index contributed by atoms with van der Waals surface area (Å²) in [6.45, 7) is 0.516. The highest BCUT2D eigenvalue weighted by Gasteiger charge is 2.28. The number of halogens is 2. The lowest BCUT2D eigenvalue weighted by atomic mass is 10.0. The van der Waals surface area contributed by atoms with Gasteiger partial charge in [0.1, 0.15) is 6.04 Å². The summed E-state index contributed by atoms with van der Waals surface area (Å²) < 4.78 is 32.3. The quantitative estimate of drug-likeness (QED) is 0.790. The third-order valence-electron chi connectivity index (χ3n) is 3.81. The first kappa shape index (κ1) is 15.4. The molecular weight excluding hydrogens is 306 g/mol. The summed E-state index contributed by atoms with van der Waals surface area (Å²) >= 11 is 0. The minimum atomic E-state index is -1.07. The number of carbonyl (C=O) groups excluding carboxylic acids is 1. The van der Waals surface area contributed by atoms with E-state index in [1.807, 2.05) is 0 Å². The zero-order valence-electron chi connectivity index (χ0n) is 12.5. The number of H-pyrrole nitrogens is 1. The van der Waals surface area contributed by atoms with E-state index in [0.29, 0.717) is 12.2 Å². The third kappa shape index (κ3) is 2.89. The topological polar surface area (TPSA) is 79.0 Å². The van der Waals surface area contributed by atoms with Crippen molar-refractivity contribution in [3.05, 3.63) is 47.0 Å². The summed E-state index contributed by atoms with van der Waals surface area (Å²) in [6.07, 6.45) is 2.30. The van der Waals surface area contributed by atoms with Crippen LogP contribution in [0.4, 0.5) is 8.78 Å². The molecule has 1 aromatic heterocycles. The average molecular weight is 322 g/mol. The number of nitrogens with one attached hydrogen (secondary N) is 3. The van der Waals surface area contributed by atoms with Crippen molar-refractivity contribution < 1.29 is 18.3 Å². The highest BCUT2D eigenvalue weighted by Crippen LogP contribution is 2.23. The number of nitrogens with zero attached hydrogens (tertiary/aromatic N) is 1. The van der Waals surface area contributed by atoms with E-state index in [-0.39, 0.29) is 23.8 Å². The van der Waals surface area contributed by atoms with Gasteiger partial charge in [0.25, 0.3) is 0 Å². The first-order chi connectivity index (χ1) is 11.1. The monoisotopic (exact) mass is 322 g/mol. The van der Waals surface area contributed by atoms with Crippen molar-refractivity contribution in [3.63, 3.8) is 0 Å². The standard InChI is InChI=1S/C15H16F2N4O2/c1-23-10-3-2-8(11(16)12(10)17)6-19-15(22)14-13-9(4-5-18-14)20-7-21-13/h2-3,7,14,18H,4-6H2,1H3,(H,19,22)(H,20,21)/t14-/m0/s1. The molecule has 2 aromatic rings. The van der Waals surface area contributed by atoms with E-state index in [0.717, 1.165) is 12.1 Å². The van der Waals surface area contributed by atoms with Crippen LogP contribution in [0.25, 0.3) is 0 Å². The second kappa shape index (κ2) is 6.33. The van der Waals surface area contributed by atoms with Crippen LogP contribution in [0.15, 0.2) is 18.5 Å². The van der Waals surface area contributed by atoms with E-state index in [9.17, 15) is 13.6 Å². The van der Waals surface area contributed by atoms with Crippen LogP contribution in [0.2, 0.25) is 0 Å². The van der Waals surface area contributed by atoms with Crippen molar-refractivity contribution in [2.75, 3.05) is 13.7 Å². The molecule has 23 heavy (non-hydrogen) atoms. The maximum atomic E-state index is 13.9. The second-order valence-corrected chi connectivity index (χ2v) is 5.18. The van der Waals surface area contributed by atoms with Gasteiger partial charge in [-0.3, -0.25) is 4.79 Å². The number of methoxy groups -OCH3 is 1. The third-order valence-corrected chi connectivity index (χ3v) is 3.81. The Balaban J connectivity index is 1.70. The molecule has 1 aromatic carbocycles. The second-order valence-electron chi connectivity index (χ2n) is 5.18. The lowest BCUT2D eigenvalue weighted by Gasteiger charge is -2.22. The summed E-state index contributed by atoms with van der Waals surface area (Å²) in [4.78, 5) is 19.4. The molecule has 0 bridgehead atoms. The number of fused-ring (bicyclic) bond motifs is 1. The van der Waals surface area contributed by atoms with Crippen molar-refractivity contribution in [2.45, 2.75) is 19.0 Å². The molecule has 0 aliphatic carbocycles. The molecule has 6 nitrogen and oxygen atoms in total. The molecule has 0 fully saturated rings. The van der Waals surface area contributed by atoms with E-state index < -0.39 is 17.7 Å². The SMILES string of the molecule is COc1ccc(CNC(=O)[C@H]2NCCc3[nH]cnc32)c(F)c1F. The number of hydrogen-bond donors (Lipinski definition) is 3. The molecule has 0 radical (unpaired) electrons. The van der Waals surface area contributed by atoms with E-state index >= 15 is 0 Å². The Morgan fingerprint density at radius 2 is 2.26 bits per heavy atom. The summed E-state index contributed by atoms with van der Waals surface area (Å²) in [5.41, 5.74) is 1.59. The van der Waals surface area contributed by atoms with Crippen LogP contribution < -0.4 is 15.4 Å². The molecule has 2 heterocycles. The van der Waals surface area contributed by atoms with Crippen LogP contribution in [0.1, 0.15) is 23.0 Å². The van der Waals surface area contributed by atoms with Gasteiger partial charge in [-0.15, -0.1) is 0 Å². The fraction of sp³-hybridized carbons (Fsp3) is 0.333. The van der Waals surface area contributed by atoms with Crippen molar-refractivity contribution in [1.29, 1.82) is 0 Å². The summed E-state index contributed by atoms with van der Waals surface area (Å²) in [6, 6.07) is 2.10. The summed E-state index contributed by atoms with van der Waals surface area (Å²) in [5, 5.41) is 5.66. The van der Waals surface area contributed by atoms with Crippen molar-refractivity contribution >= 4 is 5.91 Å². The van der Waals surface area contributed by atoms with Crippen molar-refractivity contribution in [1.82, 2.24) is 20.6 Å². The number of aromatic nitrogens is 2. The molecule has 1 amide bonds. The van der Waals surface area contributed by atoms with Gasteiger partial charge in [-0.2, -0.15) is 4.39 Å². The fourth-order valence-electron chi connectivity index (χ4n) is 2.59. The number of ether oxygens (including phenoxy) is 1. The molecule has 122 valence electrons. The average Bonchev–Trinajstić information content (AvgIpc) is 3.04. The van der Waals surface area contributed by atoms with Gasteiger partial charge in [0.2, 0.25) is 11.7 Å². The van der Waals surface area contributed by atoms with Gasteiger partial charge < -0.3 is 20.4 Å². The Morgan fingerprint density at radius 1 is 1.43 bits per heavy atom. The molecule has 1 aliphatic rings. The maximum absolute atomic E-state index is 13.9. The molecule has 3 rings (SSSR count). The van der Waals surface area contributed by atoms with Gasteiger partial charge in [-0.25, -0.2) is 9.37 Å². The number of benzene rings is 1. The normalized spacial score (nSPS) is 16.7. The molecule has 1 aliphatic heterocycles. The first-order valence-corrected chi connectivity index (χ1v) is 7.16. The van der Waals surface area contributed by atoms with Gasteiger partial charge in [0.15, 0.2) is 11.6 Å². The number of imidazole rings is 1. The van der Waals surface area contributed by atoms with Crippen LogP contribution in [-0.2, 0) is 17.8 Å². The Labute approximate surface area is 131 Å². The highest BCUT2D eigenvalue weighted by atomic mass is 19.2. The Morgan fingerprint density at radius 3 is 3.04 bits per heavy atom. The van der Waals surface area contributed by atoms with E-state index in [4.69, 9.17) is 4.74 Å². The van der Waals surface area contributed by atoms with Gasteiger partial charge in [-0.1, -0.05) is 6.07 Å². The van der Waals surface area contributed by atoms with Gasteiger partial charge in [0.05, 0.1) is 19.1 Å². The number of carbonyl (C=O) groups is 1. The Bertz CT molecular complexity index is 732. The lowest BCUT2D eigenvalue weighted by molar-refractivity contribution is -0.123. The van der Waals surface area contributed by atoms with Gasteiger partial charge >= 0.3 is 0 Å². The van der Waals surface area contributed by atoms with Crippen LogP contribution in [0, 0.1) is 11.6 Å². The van der Waals surface area contributed by atoms with Crippen LogP contribution in [0.5, 0.6) is 5.75 Å². The molecule has 0 saturated carbocycles. The Hall–Kier alpha value is -2.48. The predicted octanol–water partition coefficient (Wildman–Crippen LogP) is 1.20. The van der Waals surface area contributed by atoms with Gasteiger partial charge in [0, 0.05) is 30.8 Å². The number of rotatable bonds is 4. The zero-order chi connectivity index (χ0) is 16.4. The van der Waals surface area contributed by atoms with E-state index in [1.165, 1.54) is 25.6 Å². The smallest absolute Gasteiger partial charge is 0.243 e. The molecule has 0 spiro atoms.